The fourth-order valence-electron chi connectivity index (χ4n) is 2.98. The van der Waals surface area contributed by atoms with Crippen molar-refractivity contribution in [3.05, 3.63) is 11.7 Å². The van der Waals surface area contributed by atoms with Crippen LogP contribution in [0, 0.1) is 0 Å². The van der Waals surface area contributed by atoms with Crippen molar-refractivity contribution in [2.75, 3.05) is 39.9 Å². The van der Waals surface area contributed by atoms with E-state index in [1.54, 1.807) is 12.0 Å². The van der Waals surface area contributed by atoms with E-state index in [2.05, 4.69) is 15.5 Å². The number of hydrogen-bond acceptors (Lipinski definition) is 7. The summed E-state index contributed by atoms with van der Waals surface area (Å²) in [5.74, 6) is 0.420. The SMILES string of the molecule is COCCc1noc([C@H]2CCCN(C(=O)CN3C(=O)CNC3=O)C2)n1. The average molecular weight is 351 g/mol. The van der Waals surface area contributed by atoms with Gasteiger partial charge in [0, 0.05) is 26.6 Å². The predicted molar refractivity (Wildman–Crippen MR) is 83.5 cm³/mol. The largest absolute Gasteiger partial charge is 0.384 e. The zero-order valence-corrected chi connectivity index (χ0v) is 14.1. The first kappa shape index (κ1) is 17.3. The molecular formula is C15H21N5O5. The predicted octanol–water partition coefficient (Wildman–Crippen LogP) is -0.484. The molecule has 0 unspecified atom stereocenters. The highest BCUT2D eigenvalue weighted by atomic mass is 16.5. The fraction of sp³-hybridized carbons (Fsp3) is 0.667. The Bertz CT molecular complexity index is 644. The molecule has 0 aliphatic carbocycles. The third-order valence-corrected chi connectivity index (χ3v) is 4.37. The van der Waals surface area contributed by atoms with Crippen LogP contribution in [-0.2, 0) is 20.7 Å². The Morgan fingerprint density at radius 2 is 2.28 bits per heavy atom. The van der Waals surface area contributed by atoms with Gasteiger partial charge in [0.2, 0.25) is 11.8 Å². The van der Waals surface area contributed by atoms with Gasteiger partial charge in [-0.3, -0.25) is 14.5 Å². The van der Waals surface area contributed by atoms with Gasteiger partial charge in [0.05, 0.1) is 19.1 Å². The van der Waals surface area contributed by atoms with Crippen molar-refractivity contribution in [2.45, 2.75) is 25.2 Å². The maximum atomic E-state index is 12.4. The van der Waals surface area contributed by atoms with E-state index in [1.807, 2.05) is 0 Å². The highest BCUT2D eigenvalue weighted by molar-refractivity contribution is 6.04. The number of amides is 4. The Labute approximate surface area is 144 Å². The minimum Gasteiger partial charge on any atom is -0.384 e. The second-order valence-corrected chi connectivity index (χ2v) is 6.11. The van der Waals surface area contributed by atoms with Crippen molar-refractivity contribution in [2.24, 2.45) is 0 Å². The minimum atomic E-state index is -0.522. The molecule has 0 radical (unpaired) electrons. The lowest BCUT2D eigenvalue weighted by molar-refractivity contribution is -0.137. The Hall–Kier alpha value is -2.49. The van der Waals surface area contributed by atoms with Gasteiger partial charge in [-0.05, 0) is 12.8 Å². The van der Waals surface area contributed by atoms with E-state index < -0.39 is 6.03 Å². The van der Waals surface area contributed by atoms with Crippen LogP contribution in [0.5, 0.6) is 0 Å². The van der Waals surface area contributed by atoms with Gasteiger partial charge in [-0.2, -0.15) is 4.98 Å². The van der Waals surface area contributed by atoms with E-state index >= 15 is 0 Å². The molecular weight excluding hydrogens is 330 g/mol. The van der Waals surface area contributed by atoms with Crippen LogP contribution < -0.4 is 5.32 Å². The molecule has 2 saturated heterocycles. The number of nitrogens with zero attached hydrogens (tertiary/aromatic N) is 4. The van der Waals surface area contributed by atoms with Crippen LogP contribution in [-0.4, -0.2) is 77.7 Å². The number of aromatic nitrogens is 2. The van der Waals surface area contributed by atoms with Crippen LogP contribution >= 0.6 is 0 Å². The van der Waals surface area contributed by atoms with Gasteiger partial charge in [-0.1, -0.05) is 5.16 Å². The Morgan fingerprint density at radius 1 is 1.44 bits per heavy atom. The third kappa shape index (κ3) is 3.95. The summed E-state index contributed by atoms with van der Waals surface area (Å²) < 4.78 is 10.3. The Balaban J connectivity index is 1.58. The maximum Gasteiger partial charge on any atom is 0.325 e. The van der Waals surface area contributed by atoms with Crippen LogP contribution in [0.1, 0.15) is 30.5 Å². The number of methoxy groups -OCH3 is 1. The standard InChI is InChI=1S/C15H21N5O5/c1-24-6-4-11-17-14(25-18-11)10-3-2-5-19(8-10)13(22)9-20-12(21)7-16-15(20)23/h10H,2-9H2,1H3,(H,16,23)/t10-/m0/s1. The van der Waals surface area contributed by atoms with Crippen molar-refractivity contribution in [1.82, 2.24) is 25.3 Å². The quantitative estimate of drug-likeness (QED) is 0.688. The van der Waals surface area contributed by atoms with Gasteiger partial charge < -0.3 is 19.5 Å². The van der Waals surface area contributed by atoms with Gasteiger partial charge in [-0.25, -0.2) is 4.79 Å². The summed E-state index contributed by atoms with van der Waals surface area (Å²) in [6.07, 6.45) is 2.21. The van der Waals surface area contributed by atoms with Gasteiger partial charge in [-0.15, -0.1) is 0 Å². The first-order valence-electron chi connectivity index (χ1n) is 8.26. The van der Waals surface area contributed by atoms with Crippen LogP contribution in [0.4, 0.5) is 4.79 Å². The molecule has 1 N–H and O–H groups in total. The van der Waals surface area contributed by atoms with Gasteiger partial charge in [0.25, 0.3) is 5.91 Å². The molecule has 2 aliphatic rings. The molecule has 2 fully saturated rings. The van der Waals surface area contributed by atoms with Crippen LogP contribution in [0.3, 0.4) is 0 Å². The van der Waals surface area contributed by atoms with E-state index in [0.29, 0.717) is 37.8 Å². The highest BCUT2D eigenvalue weighted by Gasteiger charge is 2.34. The minimum absolute atomic E-state index is 0.0374. The van der Waals surface area contributed by atoms with Crippen molar-refractivity contribution in [1.29, 1.82) is 0 Å². The second kappa shape index (κ2) is 7.60. The second-order valence-electron chi connectivity index (χ2n) is 6.11. The topological polar surface area (TPSA) is 118 Å². The number of urea groups is 1. The number of carbonyl (C=O) groups excluding carboxylic acids is 3. The molecule has 0 spiro atoms. The van der Waals surface area contributed by atoms with Crippen LogP contribution in [0.15, 0.2) is 4.52 Å². The smallest absolute Gasteiger partial charge is 0.325 e. The number of piperidine rings is 1. The summed E-state index contributed by atoms with van der Waals surface area (Å²) in [7, 11) is 1.61. The third-order valence-electron chi connectivity index (χ3n) is 4.37. The lowest BCUT2D eigenvalue weighted by Gasteiger charge is -2.31. The zero-order chi connectivity index (χ0) is 17.8. The first-order valence-corrected chi connectivity index (χ1v) is 8.26. The molecule has 2 aliphatic heterocycles. The van der Waals surface area contributed by atoms with Gasteiger partial charge in [0.15, 0.2) is 5.82 Å². The number of ether oxygens (including phenoxy) is 1. The van der Waals surface area contributed by atoms with E-state index in [9.17, 15) is 14.4 Å². The Kier molecular flexibility index (Phi) is 5.27. The molecule has 3 rings (SSSR count). The van der Waals surface area contributed by atoms with Crippen molar-refractivity contribution in [3.8, 4) is 0 Å². The number of likely N-dealkylation sites (tertiary alicyclic amines) is 1. The first-order chi connectivity index (χ1) is 12.1. The molecule has 1 atom stereocenters. The molecule has 10 heteroatoms. The summed E-state index contributed by atoms with van der Waals surface area (Å²) in [6.45, 7) is 1.25. The van der Waals surface area contributed by atoms with Gasteiger partial charge in [0.1, 0.15) is 6.54 Å². The number of hydrogen-bond donors (Lipinski definition) is 1. The van der Waals surface area contributed by atoms with Crippen LogP contribution in [0.25, 0.3) is 0 Å². The normalized spacial score (nSPS) is 20.9. The van der Waals surface area contributed by atoms with Crippen molar-refractivity contribution < 1.29 is 23.6 Å². The molecule has 25 heavy (non-hydrogen) atoms. The molecule has 0 aromatic carbocycles. The van der Waals surface area contributed by atoms with E-state index in [0.717, 1.165) is 17.7 Å². The summed E-state index contributed by atoms with van der Waals surface area (Å²) in [4.78, 5) is 42.6. The molecule has 0 bridgehead atoms. The van der Waals surface area contributed by atoms with E-state index in [-0.39, 0.29) is 30.8 Å². The number of imide groups is 1. The number of rotatable bonds is 6. The summed E-state index contributed by atoms with van der Waals surface area (Å²) in [5.41, 5.74) is 0. The average Bonchev–Trinajstić information content (AvgIpc) is 3.22. The monoisotopic (exact) mass is 351 g/mol. The molecule has 1 aromatic heterocycles. The van der Waals surface area contributed by atoms with Crippen molar-refractivity contribution in [3.63, 3.8) is 0 Å². The molecule has 10 nitrogen and oxygen atoms in total. The highest BCUT2D eigenvalue weighted by Crippen LogP contribution is 2.26. The van der Waals surface area contributed by atoms with Gasteiger partial charge >= 0.3 is 6.03 Å². The lowest BCUT2D eigenvalue weighted by Crippen LogP contribution is -2.46. The van der Waals surface area contributed by atoms with Crippen molar-refractivity contribution >= 4 is 17.8 Å². The fourth-order valence-corrected chi connectivity index (χ4v) is 2.98. The Morgan fingerprint density at radius 3 is 3.00 bits per heavy atom. The molecule has 3 heterocycles. The number of nitrogens with one attached hydrogen (secondary N) is 1. The molecule has 0 saturated carbocycles. The van der Waals surface area contributed by atoms with Crippen LogP contribution in [0.2, 0.25) is 0 Å². The summed E-state index contributed by atoms with van der Waals surface area (Å²) in [5, 5.41) is 6.33. The molecule has 4 amide bonds. The summed E-state index contributed by atoms with van der Waals surface area (Å²) >= 11 is 0. The summed E-state index contributed by atoms with van der Waals surface area (Å²) in [6, 6.07) is -0.522. The zero-order valence-electron chi connectivity index (χ0n) is 14.1. The number of carbonyl (C=O) groups is 3. The molecule has 136 valence electrons. The van der Waals surface area contributed by atoms with E-state index in [4.69, 9.17) is 9.26 Å². The van der Waals surface area contributed by atoms with E-state index in [1.165, 1.54) is 0 Å². The maximum absolute atomic E-state index is 12.4. The molecule has 1 aromatic rings. The lowest BCUT2D eigenvalue weighted by atomic mass is 9.98.